The van der Waals surface area contributed by atoms with Gasteiger partial charge in [0.2, 0.25) is 11.8 Å². The van der Waals surface area contributed by atoms with E-state index < -0.39 is 11.7 Å². The van der Waals surface area contributed by atoms with E-state index >= 15 is 4.39 Å². The molecule has 0 unspecified atom stereocenters. The third-order valence-electron chi connectivity index (χ3n) is 6.33. The first-order valence-electron chi connectivity index (χ1n) is 12.9. The summed E-state index contributed by atoms with van der Waals surface area (Å²) in [7, 11) is 5.65. The highest BCUT2D eigenvalue weighted by Crippen LogP contribution is 2.39. The number of rotatable bonds is 10. The number of aromatic nitrogens is 3. The van der Waals surface area contributed by atoms with Gasteiger partial charge in [-0.05, 0) is 44.4 Å². The molecule has 0 aliphatic carbocycles. The number of benzene rings is 2. The Morgan fingerprint density at radius 1 is 1.02 bits per heavy atom. The summed E-state index contributed by atoms with van der Waals surface area (Å²) in [6.45, 7) is 1.73. The Kier molecular flexibility index (Phi) is 8.37. The van der Waals surface area contributed by atoms with Crippen molar-refractivity contribution in [3.63, 3.8) is 0 Å². The van der Waals surface area contributed by atoms with Gasteiger partial charge in [-0.1, -0.05) is 18.2 Å². The molecule has 41 heavy (non-hydrogen) atoms. The highest BCUT2D eigenvalue weighted by molar-refractivity contribution is 7.22. The average Bonchev–Trinajstić information content (AvgIpc) is 3.61. The maximum Gasteiger partial charge on any atom is 0.236 e. The Bertz CT molecular complexity index is 1680. The van der Waals surface area contributed by atoms with Gasteiger partial charge in [0.15, 0.2) is 11.6 Å². The molecule has 11 heteroatoms. The summed E-state index contributed by atoms with van der Waals surface area (Å²) in [4.78, 5) is 38.3. The predicted octanol–water partition coefficient (Wildman–Crippen LogP) is 5.64. The van der Waals surface area contributed by atoms with Crippen LogP contribution in [0.5, 0.6) is 11.5 Å². The number of carbonyl (C=O) groups excluding carboxylic acids is 2. The molecule has 5 rings (SSSR count). The van der Waals surface area contributed by atoms with Crippen LogP contribution in [0.25, 0.3) is 20.8 Å². The maximum atomic E-state index is 15.0. The lowest BCUT2D eigenvalue weighted by molar-refractivity contribution is -0.125. The predicted molar refractivity (Wildman–Crippen MR) is 159 cm³/mol. The second kappa shape index (κ2) is 12.3. The zero-order valence-electron chi connectivity index (χ0n) is 22.9. The average molecular weight is 573 g/mol. The molecule has 0 fully saturated rings. The lowest BCUT2D eigenvalue weighted by Gasteiger charge is -2.17. The smallest absolute Gasteiger partial charge is 0.236 e. The molecule has 0 saturated carbocycles. The highest BCUT2D eigenvalue weighted by atomic mass is 32.1. The molecule has 0 aliphatic rings. The topological polar surface area (TPSA) is 92.6 Å². The summed E-state index contributed by atoms with van der Waals surface area (Å²) < 4.78 is 23.8. The van der Waals surface area contributed by atoms with Crippen LogP contribution in [0.2, 0.25) is 0 Å². The minimum atomic E-state index is -0.656. The summed E-state index contributed by atoms with van der Waals surface area (Å²) in [6, 6.07) is 16.8. The number of anilines is 2. The van der Waals surface area contributed by atoms with Gasteiger partial charge in [0.25, 0.3) is 0 Å². The number of para-hydroxylation sites is 1. The van der Waals surface area contributed by atoms with E-state index in [1.807, 2.05) is 49.1 Å². The molecule has 0 radical (unpaired) electrons. The molecular formula is C30H29FN6O3S. The van der Waals surface area contributed by atoms with Crippen molar-refractivity contribution in [1.29, 1.82) is 0 Å². The van der Waals surface area contributed by atoms with E-state index in [0.717, 1.165) is 39.9 Å². The highest BCUT2D eigenvalue weighted by Gasteiger charge is 2.17. The minimum Gasteiger partial charge on any atom is -0.453 e. The van der Waals surface area contributed by atoms with E-state index in [2.05, 4.69) is 20.2 Å². The van der Waals surface area contributed by atoms with E-state index in [1.165, 1.54) is 28.4 Å². The van der Waals surface area contributed by atoms with Crippen molar-refractivity contribution < 1.29 is 18.7 Å². The Morgan fingerprint density at radius 2 is 1.83 bits per heavy atom. The van der Waals surface area contributed by atoms with Gasteiger partial charge in [-0.25, -0.2) is 9.37 Å². The van der Waals surface area contributed by atoms with Crippen LogP contribution in [-0.4, -0.2) is 58.9 Å². The van der Waals surface area contributed by atoms with Crippen LogP contribution in [0, 0.1) is 5.82 Å². The van der Waals surface area contributed by atoms with Crippen LogP contribution < -0.4 is 15.0 Å². The number of halogens is 1. The fourth-order valence-electron chi connectivity index (χ4n) is 4.08. The van der Waals surface area contributed by atoms with Crippen molar-refractivity contribution in [3.05, 3.63) is 85.2 Å². The number of pyridine rings is 1. The first-order chi connectivity index (χ1) is 19.8. The summed E-state index contributed by atoms with van der Waals surface area (Å²) in [5.74, 6) is -1.12. The molecule has 0 saturated heterocycles. The lowest BCUT2D eigenvalue weighted by Crippen LogP contribution is -2.30. The van der Waals surface area contributed by atoms with Gasteiger partial charge in [-0.2, -0.15) is 0 Å². The monoisotopic (exact) mass is 572 g/mol. The van der Waals surface area contributed by atoms with Crippen molar-refractivity contribution in [3.8, 4) is 22.1 Å². The van der Waals surface area contributed by atoms with Gasteiger partial charge in [0, 0.05) is 56.0 Å². The minimum absolute atomic E-state index is 0.00157. The Labute approximate surface area is 240 Å². The molecule has 0 atom stereocenters. The number of hydrogen-bond acceptors (Lipinski definition) is 7. The van der Waals surface area contributed by atoms with Crippen LogP contribution in [-0.2, 0) is 16.1 Å². The summed E-state index contributed by atoms with van der Waals surface area (Å²) in [6.07, 6.45) is 5.03. The number of imidazole rings is 1. The standard InChI is InChI=1S/C30H29FN6O3S/c1-35(2)13-14-37-18-24(33-19-37)27-16-23-30(41-27)26(11-12-32-23)40-25-10-9-20(15-22(25)31)34-28(38)17-29(39)36(3)21-7-5-4-6-8-21/h4-12,15-16,18-19H,13-14,17H2,1-3H3,(H,34,38). The summed E-state index contributed by atoms with van der Waals surface area (Å²) in [5, 5.41) is 2.58. The van der Waals surface area contributed by atoms with Crippen LogP contribution in [0.3, 0.4) is 0 Å². The normalized spacial score (nSPS) is 11.1. The van der Waals surface area contributed by atoms with E-state index in [0.29, 0.717) is 11.4 Å². The van der Waals surface area contributed by atoms with Crippen molar-refractivity contribution >= 4 is 44.7 Å². The van der Waals surface area contributed by atoms with Crippen LogP contribution in [0.1, 0.15) is 6.42 Å². The van der Waals surface area contributed by atoms with Crippen molar-refractivity contribution in [2.75, 3.05) is 37.9 Å². The molecule has 2 amide bonds. The fourth-order valence-corrected chi connectivity index (χ4v) is 5.11. The zero-order chi connectivity index (χ0) is 28.9. The van der Waals surface area contributed by atoms with E-state index in [1.54, 1.807) is 37.8 Å². The van der Waals surface area contributed by atoms with Gasteiger partial charge < -0.3 is 24.4 Å². The number of fused-ring (bicyclic) bond motifs is 1. The number of nitrogens with one attached hydrogen (secondary N) is 1. The first kappa shape index (κ1) is 27.9. The fraction of sp³-hybridized carbons (Fsp3) is 0.200. The van der Waals surface area contributed by atoms with Gasteiger partial charge >= 0.3 is 0 Å². The van der Waals surface area contributed by atoms with E-state index in [4.69, 9.17) is 4.74 Å². The van der Waals surface area contributed by atoms with Crippen LogP contribution in [0.4, 0.5) is 15.8 Å². The third kappa shape index (κ3) is 6.76. The number of nitrogens with zero attached hydrogens (tertiary/aromatic N) is 5. The molecule has 5 aromatic rings. The third-order valence-corrected chi connectivity index (χ3v) is 7.49. The molecule has 3 heterocycles. The number of ether oxygens (including phenoxy) is 1. The Hall–Kier alpha value is -4.61. The molecule has 3 aromatic heterocycles. The largest absolute Gasteiger partial charge is 0.453 e. The number of amides is 2. The molecule has 0 aliphatic heterocycles. The van der Waals surface area contributed by atoms with Crippen molar-refractivity contribution in [2.24, 2.45) is 0 Å². The number of carbonyl (C=O) groups is 2. The molecule has 0 spiro atoms. The Morgan fingerprint density at radius 3 is 2.59 bits per heavy atom. The molecule has 2 aromatic carbocycles. The van der Waals surface area contributed by atoms with Crippen molar-refractivity contribution in [2.45, 2.75) is 13.0 Å². The van der Waals surface area contributed by atoms with Crippen LogP contribution in [0.15, 0.2) is 79.4 Å². The number of likely N-dealkylation sites (N-methyl/N-ethyl adjacent to an activating group) is 1. The summed E-state index contributed by atoms with van der Waals surface area (Å²) >= 11 is 1.47. The summed E-state index contributed by atoms with van der Waals surface area (Å²) in [5.41, 5.74) is 2.45. The molecule has 1 N–H and O–H groups in total. The SMILES string of the molecule is CN(C)CCn1cnc(-c2cc3nccc(Oc4ccc(NC(=O)CC(=O)N(C)c5ccccc5)cc4F)c3s2)c1. The van der Waals surface area contributed by atoms with Gasteiger partial charge in [-0.3, -0.25) is 14.6 Å². The molecule has 210 valence electrons. The first-order valence-corrected chi connectivity index (χ1v) is 13.7. The molecule has 0 bridgehead atoms. The van der Waals surface area contributed by atoms with E-state index in [9.17, 15) is 9.59 Å². The van der Waals surface area contributed by atoms with Crippen LogP contribution >= 0.6 is 11.3 Å². The second-order valence-electron chi connectivity index (χ2n) is 9.69. The quantitative estimate of drug-likeness (QED) is 0.218. The lowest BCUT2D eigenvalue weighted by atomic mass is 10.2. The maximum absolute atomic E-state index is 15.0. The molecule has 9 nitrogen and oxygen atoms in total. The number of hydrogen-bond donors (Lipinski definition) is 1. The Balaban J connectivity index is 1.25. The number of thiophene rings is 1. The van der Waals surface area contributed by atoms with Crippen molar-refractivity contribution in [1.82, 2.24) is 19.4 Å². The van der Waals surface area contributed by atoms with Gasteiger partial charge in [0.05, 0.1) is 27.1 Å². The van der Waals surface area contributed by atoms with Gasteiger partial charge in [-0.15, -0.1) is 11.3 Å². The van der Waals surface area contributed by atoms with E-state index in [-0.39, 0.29) is 23.8 Å². The van der Waals surface area contributed by atoms with Gasteiger partial charge in [0.1, 0.15) is 12.2 Å². The zero-order valence-corrected chi connectivity index (χ0v) is 23.7. The second-order valence-corrected chi connectivity index (χ2v) is 10.7. The molecular weight excluding hydrogens is 543 g/mol.